The van der Waals surface area contributed by atoms with Gasteiger partial charge in [0.25, 0.3) is 0 Å². The number of hydrogen-bond acceptors (Lipinski definition) is 3. The van der Waals surface area contributed by atoms with Crippen molar-refractivity contribution in [3.63, 3.8) is 0 Å². The fraction of sp³-hybridized carbons (Fsp3) is 0.667. The lowest BCUT2D eigenvalue weighted by Gasteiger charge is -2.50. The number of carbonyl (C=O) groups is 1. The first-order valence-corrected chi connectivity index (χ1v) is 8.88. The summed E-state index contributed by atoms with van der Waals surface area (Å²) in [5.74, 6) is -1.37. The Morgan fingerprint density at radius 1 is 1.42 bits per heavy atom. The molecule has 1 spiro atoms. The number of amides is 2. The SMILES string of the molecule is Cc1cnccc1CNC(=O)N1CC[C@H](C(F)(F)F)C2(CCOCC2)C1. The minimum atomic E-state index is -4.24. The molecule has 1 aromatic rings. The zero-order valence-corrected chi connectivity index (χ0v) is 14.8. The van der Waals surface area contributed by atoms with Crippen molar-refractivity contribution in [3.05, 3.63) is 29.6 Å². The number of piperidine rings is 1. The standard InChI is InChI=1S/C18H24F3N3O2/c1-13-10-22-6-2-14(13)11-23-16(25)24-7-3-15(18(19,20)21)17(12-24)4-8-26-9-5-17/h2,6,10,15H,3-5,7-9,11-12H2,1H3,(H,23,25)/t15-/m0/s1. The van der Waals surface area contributed by atoms with E-state index in [0.29, 0.717) is 32.6 Å². The minimum Gasteiger partial charge on any atom is -0.381 e. The predicted molar refractivity (Wildman–Crippen MR) is 89.4 cm³/mol. The van der Waals surface area contributed by atoms with E-state index in [1.165, 1.54) is 4.90 Å². The molecular formula is C18H24F3N3O2. The van der Waals surface area contributed by atoms with Crippen molar-refractivity contribution in [2.75, 3.05) is 26.3 Å². The van der Waals surface area contributed by atoms with Crippen molar-refractivity contribution in [1.82, 2.24) is 15.2 Å². The number of carbonyl (C=O) groups excluding carboxylic acids is 1. The molecule has 0 aromatic carbocycles. The van der Waals surface area contributed by atoms with Crippen molar-refractivity contribution < 1.29 is 22.7 Å². The fourth-order valence-electron chi connectivity index (χ4n) is 4.11. The molecule has 3 heterocycles. The van der Waals surface area contributed by atoms with Crippen LogP contribution < -0.4 is 5.32 Å². The Morgan fingerprint density at radius 2 is 2.15 bits per heavy atom. The molecule has 8 heteroatoms. The van der Waals surface area contributed by atoms with Gasteiger partial charge in [0.2, 0.25) is 0 Å². The van der Waals surface area contributed by atoms with Gasteiger partial charge < -0.3 is 15.0 Å². The van der Waals surface area contributed by atoms with Crippen LogP contribution in [0.15, 0.2) is 18.5 Å². The number of aryl methyl sites for hydroxylation is 1. The lowest BCUT2D eigenvalue weighted by molar-refractivity contribution is -0.232. The van der Waals surface area contributed by atoms with Gasteiger partial charge in [-0.05, 0) is 43.4 Å². The molecule has 1 N–H and O–H groups in total. The normalized spacial score (nSPS) is 23.1. The summed E-state index contributed by atoms with van der Waals surface area (Å²) in [5.41, 5.74) is 0.974. The molecule has 5 nitrogen and oxygen atoms in total. The van der Waals surface area contributed by atoms with Crippen molar-refractivity contribution in [2.24, 2.45) is 11.3 Å². The summed E-state index contributed by atoms with van der Waals surface area (Å²) in [6.45, 7) is 3.12. The molecule has 2 saturated heterocycles. The van der Waals surface area contributed by atoms with E-state index in [2.05, 4.69) is 10.3 Å². The van der Waals surface area contributed by atoms with Gasteiger partial charge in [0.05, 0.1) is 5.92 Å². The number of halogens is 3. The fourth-order valence-corrected chi connectivity index (χ4v) is 4.11. The summed E-state index contributed by atoms with van der Waals surface area (Å²) in [6.07, 6.45) is -0.248. The average molecular weight is 371 g/mol. The van der Waals surface area contributed by atoms with E-state index < -0.39 is 17.5 Å². The first kappa shape index (κ1) is 18.9. The van der Waals surface area contributed by atoms with Gasteiger partial charge in [0, 0.05) is 50.7 Å². The summed E-state index contributed by atoms with van der Waals surface area (Å²) < 4.78 is 45.9. The molecule has 0 bridgehead atoms. The third kappa shape index (κ3) is 3.95. The van der Waals surface area contributed by atoms with Crippen molar-refractivity contribution in [3.8, 4) is 0 Å². The van der Waals surface area contributed by atoms with Crippen LogP contribution in [-0.2, 0) is 11.3 Å². The minimum absolute atomic E-state index is 0.0504. The number of hydrogen-bond donors (Lipinski definition) is 1. The van der Waals surface area contributed by atoms with E-state index >= 15 is 0 Å². The smallest absolute Gasteiger partial charge is 0.381 e. The second-order valence-corrected chi connectivity index (χ2v) is 7.24. The topological polar surface area (TPSA) is 54.5 Å². The highest BCUT2D eigenvalue weighted by molar-refractivity contribution is 5.74. The molecule has 0 unspecified atom stereocenters. The van der Waals surface area contributed by atoms with Crippen molar-refractivity contribution in [1.29, 1.82) is 0 Å². The predicted octanol–water partition coefficient (Wildman–Crippen LogP) is 3.28. The van der Waals surface area contributed by atoms with Crippen LogP contribution in [0.4, 0.5) is 18.0 Å². The van der Waals surface area contributed by atoms with Gasteiger partial charge in [-0.2, -0.15) is 13.2 Å². The van der Waals surface area contributed by atoms with Crippen LogP contribution >= 0.6 is 0 Å². The van der Waals surface area contributed by atoms with Crippen molar-refractivity contribution >= 4 is 6.03 Å². The number of ether oxygens (including phenoxy) is 1. The van der Waals surface area contributed by atoms with Crippen molar-refractivity contribution in [2.45, 2.75) is 38.9 Å². The Balaban J connectivity index is 1.67. The van der Waals surface area contributed by atoms with Gasteiger partial charge in [0.1, 0.15) is 0 Å². The lowest BCUT2D eigenvalue weighted by Crippen LogP contribution is -2.58. The Morgan fingerprint density at radius 3 is 2.81 bits per heavy atom. The first-order chi connectivity index (χ1) is 12.3. The third-order valence-electron chi connectivity index (χ3n) is 5.67. The van der Waals surface area contributed by atoms with Gasteiger partial charge in [-0.25, -0.2) is 4.79 Å². The number of nitrogens with one attached hydrogen (secondary N) is 1. The number of likely N-dealkylation sites (tertiary alicyclic amines) is 1. The largest absolute Gasteiger partial charge is 0.392 e. The highest BCUT2D eigenvalue weighted by Gasteiger charge is 2.56. The number of aromatic nitrogens is 1. The molecule has 2 fully saturated rings. The number of rotatable bonds is 2. The van der Waals surface area contributed by atoms with Gasteiger partial charge >= 0.3 is 12.2 Å². The van der Waals surface area contributed by atoms with E-state index in [-0.39, 0.29) is 25.5 Å². The summed E-state index contributed by atoms with van der Waals surface area (Å²) in [6, 6.07) is 1.51. The quantitative estimate of drug-likeness (QED) is 0.868. The third-order valence-corrected chi connectivity index (χ3v) is 5.67. The second-order valence-electron chi connectivity index (χ2n) is 7.24. The van der Waals surface area contributed by atoms with E-state index in [1.807, 2.05) is 13.0 Å². The maximum absolute atomic E-state index is 13.5. The van der Waals surface area contributed by atoms with E-state index in [4.69, 9.17) is 4.74 Å². The van der Waals surface area contributed by atoms with Gasteiger partial charge in [-0.15, -0.1) is 0 Å². The van der Waals surface area contributed by atoms with Crippen LogP contribution in [0.25, 0.3) is 0 Å². The Labute approximate surface area is 150 Å². The number of urea groups is 1. The molecule has 2 aliphatic heterocycles. The molecule has 3 rings (SSSR count). The van der Waals surface area contributed by atoms with Crippen LogP contribution in [-0.4, -0.2) is 48.4 Å². The molecule has 1 aromatic heterocycles. The van der Waals surface area contributed by atoms with Crippen LogP contribution in [0.3, 0.4) is 0 Å². The van der Waals surface area contributed by atoms with E-state index in [0.717, 1.165) is 11.1 Å². The first-order valence-electron chi connectivity index (χ1n) is 8.88. The molecule has 144 valence electrons. The molecule has 0 radical (unpaired) electrons. The highest BCUT2D eigenvalue weighted by atomic mass is 19.4. The average Bonchev–Trinajstić information content (AvgIpc) is 2.60. The van der Waals surface area contributed by atoms with Crippen LogP contribution in [0.1, 0.15) is 30.4 Å². The number of nitrogens with zero attached hydrogens (tertiary/aromatic N) is 2. The summed E-state index contributed by atoms with van der Waals surface area (Å²) >= 11 is 0. The molecule has 0 saturated carbocycles. The number of pyridine rings is 1. The van der Waals surface area contributed by atoms with Gasteiger partial charge in [0.15, 0.2) is 0 Å². The summed E-state index contributed by atoms with van der Waals surface area (Å²) in [5, 5.41) is 2.83. The zero-order valence-electron chi connectivity index (χ0n) is 14.8. The number of alkyl halides is 3. The maximum Gasteiger partial charge on any atom is 0.392 e. The molecule has 1 atom stereocenters. The van der Waals surface area contributed by atoms with Crippen LogP contribution in [0.2, 0.25) is 0 Å². The van der Waals surface area contributed by atoms with Gasteiger partial charge in [-0.3, -0.25) is 4.98 Å². The molecule has 0 aliphatic carbocycles. The molecular weight excluding hydrogens is 347 g/mol. The van der Waals surface area contributed by atoms with E-state index in [9.17, 15) is 18.0 Å². The van der Waals surface area contributed by atoms with E-state index in [1.54, 1.807) is 12.4 Å². The molecule has 26 heavy (non-hydrogen) atoms. The zero-order chi connectivity index (χ0) is 18.8. The Hall–Kier alpha value is -1.83. The lowest BCUT2D eigenvalue weighted by atomic mass is 9.66. The summed E-state index contributed by atoms with van der Waals surface area (Å²) in [7, 11) is 0. The van der Waals surface area contributed by atoms with Crippen LogP contribution in [0.5, 0.6) is 0 Å². The monoisotopic (exact) mass is 371 g/mol. The van der Waals surface area contributed by atoms with Crippen LogP contribution in [0, 0.1) is 18.3 Å². The molecule has 2 aliphatic rings. The van der Waals surface area contributed by atoms with Gasteiger partial charge in [-0.1, -0.05) is 0 Å². The second kappa shape index (κ2) is 7.42. The maximum atomic E-state index is 13.5. The molecule has 2 amide bonds. The summed E-state index contributed by atoms with van der Waals surface area (Å²) in [4.78, 5) is 18.1. The Kier molecular flexibility index (Phi) is 5.41. The Bertz CT molecular complexity index is 645. The highest BCUT2D eigenvalue weighted by Crippen LogP contribution is 2.50.